The Morgan fingerprint density at radius 3 is 2.58 bits per heavy atom. The predicted molar refractivity (Wildman–Crippen MR) is 95.1 cm³/mol. The molecule has 0 N–H and O–H groups in total. The van der Waals surface area contributed by atoms with Gasteiger partial charge in [0.2, 0.25) is 0 Å². The predicted octanol–water partition coefficient (Wildman–Crippen LogP) is 3.72. The molecule has 1 aliphatic rings. The molecule has 1 aromatic carbocycles. The topological polar surface area (TPSA) is 42.4 Å². The Kier molecular flexibility index (Phi) is 4.94. The molecule has 0 radical (unpaired) electrons. The molecule has 1 saturated heterocycles. The number of carbonyl (C=O) groups is 1. The van der Waals surface area contributed by atoms with Crippen LogP contribution in [0.1, 0.15) is 34.6 Å². The van der Waals surface area contributed by atoms with E-state index >= 15 is 0 Å². The lowest BCUT2D eigenvalue weighted by atomic mass is 10.0. The smallest absolute Gasteiger partial charge is 0.257 e. The SMILES string of the molecule is COc1ccccc1C(=O)N1CCC(=Cc2cccc(C)n2)CC1. The van der Waals surface area contributed by atoms with E-state index < -0.39 is 0 Å². The lowest BCUT2D eigenvalue weighted by Crippen LogP contribution is -2.36. The summed E-state index contributed by atoms with van der Waals surface area (Å²) in [5.74, 6) is 0.674. The van der Waals surface area contributed by atoms with Gasteiger partial charge in [-0.1, -0.05) is 23.8 Å². The minimum atomic E-state index is 0.0418. The average Bonchev–Trinajstić information content (AvgIpc) is 2.62. The Balaban J connectivity index is 1.67. The molecule has 2 aromatic rings. The molecule has 0 unspecified atom stereocenters. The molecule has 1 aliphatic heterocycles. The number of methoxy groups -OCH3 is 1. The van der Waals surface area contributed by atoms with E-state index in [1.807, 2.05) is 54.3 Å². The molecule has 0 atom stereocenters. The fourth-order valence-corrected chi connectivity index (χ4v) is 2.99. The summed E-state index contributed by atoms with van der Waals surface area (Å²) >= 11 is 0. The maximum Gasteiger partial charge on any atom is 0.257 e. The van der Waals surface area contributed by atoms with E-state index in [1.165, 1.54) is 5.57 Å². The fraction of sp³-hybridized carbons (Fsp3) is 0.300. The van der Waals surface area contributed by atoms with Crippen LogP contribution < -0.4 is 4.74 Å². The summed E-state index contributed by atoms with van der Waals surface area (Å²) in [6.45, 7) is 3.46. The largest absolute Gasteiger partial charge is 0.496 e. The highest BCUT2D eigenvalue weighted by molar-refractivity contribution is 5.97. The Morgan fingerprint density at radius 2 is 1.88 bits per heavy atom. The first-order valence-electron chi connectivity index (χ1n) is 8.23. The van der Waals surface area contributed by atoms with Crippen molar-refractivity contribution in [1.29, 1.82) is 0 Å². The minimum Gasteiger partial charge on any atom is -0.496 e. The summed E-state index contributed by atoms with van der Waals surface area (Å²) in [7, 11) is 1.60. The van der Waals surface area contributed by atoms with Gasteiger partial charge in [0.25, 0.3) is 5.91 Å². The zero-order valence-corrected chi connectivity index (χ0v) is 14.2. The van der Waals surface area contributed by atoms with Crippen LogP contribution in [0.2, 0.25) is 0 Å². The van der Waals surface area contributed by atoms with Crippen LogP contribution in [0.5, 0.6) is 5.75 Å². The maximum absolute atomic E-state index is 12.7. The van der Waals surface area contributed by atoms with Gasteiger partial charge in [0, 0.05) is 18.8 Å². The lowest BCUT2D eigenvalue weighted by Gasteiger charge is -2.29. The van der Waals surface area contributed by atoms with Gasteiger partial charge in [-0.3, -0.25) is 9.78 Å². The van der Waals surface area contributed by atoms with E-state index in [4.69, 9.17) is 4.74 Å². The van der Waals surface area contributed by atoms with Crippen LogP contribution in [0.25, 0.3) is 6.08 Å². The highest BCUT2D eigenvalue weighted by atomic mass is 16.5. The molecule has 1 fully saturated rings. The highest BCUT2D eigenvalue weighted by Gasteiger charge is 2.22. The molecule has 3 rings (SSSR count). The van der Waals surface area contributed by atoms with Gasteiger partial charge in [-0.05, 0) is 50.1 Å². The standard InChI is InChI=1S/C20H22N2O2/c1-15-6-5-7-17(21-15)14-16-10-12-22(13-11-16)20(23)18-8-3-4-9-19(18)24-2/h3-9,14H,10-13H2,1-2H3. The molecule has 0 saturated carbocycles. The third-order valence-corrected chi connectivity index (χ3v) is 4.29. The molecule has 124 valence electrons. The molecule has 1 aromatic heterocycles. The van der Waals surface area contributed by atoms with Crippen LogP contribution >= 0.6 is 0 Å². The number of ether oxygens (including phenoxy) is 1. The van der Waals surface area contributed by atoms with Crippen molar-refractivity contribution in [3.05, 3.63) is 65.0 Å². The van der Waals surface area contributed by atoms with Crippen molar-refractivity contribution in [2.45, 2.75) is 19.8 Å². The summed E-state index contributed by atoms with van der Waals surface area (Å²) in [5, 5.41) is 0. The zero-order chi connectivity index (χ0) is 16.9. The van der Waals surface area contributed by atoms with Gasteiger partial charge >= 0.3 is 0 Å². The maximum atomic E-state index is 12.7. The minimum absolute atomic E-state index is 0.0418. The van der Waals surface area contributed by atoms with E-state index in [0.717, 1.165) is 37.3 Å². The Labute approximate surface area is 142 Å². The monoisotopic (exact) mass is 322 g/mol. The molecule has 24 heavy (non-hydrogen) atoms. The number of likely N-dealkylation sites (tertiary alicyclic amines) is 1. The van der Waals surface area contributed by atoms with Gasteiger partial charge in [0.1, 0.15) is 5.75 Å². The second kappa shape index (κ2) is 7.30. The molecule has 0 spiro atoms. The van der Waals surface area contributed by atoms with Gasteiger partial charge in [-0.15, -0.1) is 0 Å². The number of piperidine rings is 1. The highest BCUT2D eigenvalue weighted by Crippen LogP contribution is 2.24. The number of carbonyl (C=O) groups excluding carboxylic acids is 1. The zero-order valence-electron chi connectivity index (χ0n) is 14.2. The number of para-hydroxylation sites is 1. The van der Waals surface area contributed by atoms with Crippen LogP contribution in [-0.4, -0.2) is 36.0 Å². The molecular formula is C20H22N2O2. The van der Waals surface area contributed by atoms with Gasteiger partial charge in [0.15, 0.2) is 0 Å². The van der Waals surface area contributed by atoms with Crippen molar-refractivity contribution in [3.63, 3.8) is 0 Å². The molecular weight excluding hydrogens is 300 g/mol. The van der Waals surface area contributed by atoms with Crippen LogP contribution in [0.3, 0.4) is 0 Å². The first kappa shape index (κ1) is 16.2. The fourth-order valence-electron chi connectivity index (χ4n) is 2.99. The van der Waals surface area contributed by atoms with Crippen LogP contribution in [0.4, 0.5) is 0 Å². The molecule has 2 heterocycles. The van der Waals surface area contributed by atoms with E-state index in [9.17, 15) is 4.79 Å². The third-order valence-electron chi connectivity index (χ3n) is 4.29. The van der Waals surface area contributed by atoms with E-state index in [-0.39, 0.29) is 5.91 Å². The number of nitrogens with zero attached hydrogens (tertiary/aromatic N) is 2. The number of benzene rings is 1. The first-order valence-corrected chi connectivity index (χ1v) is 8.23. The number of hydrogen-bond donors (Lipinski definition) is 0. The van der Waals surface area contributed by atoms with Crippen LogP contribution in [-0.2, 0) is 0 Å². The summed E-state index contributed by atoms with van der Waals surface area (Å²) in [6, 6.07) is 13.4. The number of amides is 1. The molecule has 4 nitrogen and oxygen atoms in total. The van der Waals surface area contributed by atoms with Crippen LogP contribution in [0, 0.1) is 6.92 Å². The number of aryl methyl sites for hydroxylation is 1. The molecule has 1 amide bonds. The molecule has 0 aliphatic carbocycles. The van der Waals surface area contributed by atoms with Crippen molar-refractivity contribution >= 4 is 12.0 Å². The number of aromatic nitrogens is 1. The third kappa shape index (κ3) is 3.65. The Bertz CT molecular complexity index is 758. The molecule has 4 heteroatoms. The number of rotatable bonds is 3. The molecule has 0 bridgehead atoms. The van der Waals surface area contributed by atoms with Gasteiger partial charge in [-0.2, -0.15) is 0 Å². The van der Waals surface area contributed by atoms with Gasteiger partial charge < -0.3 is 9.64 Å². The summed E-state index contributed by atoms with van der Waals surface area (Å²) < 4.78 is 5.30. The lowest BCUT2D eigenvalue weighted by molar-refractivity contribution is 0.0740. The van der Waals surface area contributed by atoms with Gasteiger partial charge in [-0.25, -0.2) is 0 Å². The van der Waals surface area contributed by atoms with Crippen molar-refractivity contribution in [2.24, 2.45) is 0 Å². The van der Waals surface area contributed by atoms with E-state index in [0.29, 0.717) is 11.3 Å². The average molecular weight is 322 g/mol. The first-order chi connectivity index (χ1) is 11.7. The van der Waals surface area contributed by atoms with Crippen LogP contribution in [0.15, 0.2) is 48.0 Å². The number of hydrogen-bond acceptors (Lipinski definition) is 3. The quantitative estimate of drug-likeness (QED) is 0.865. The van der Waals surface area contributed by atoms with Gasteiger partial charge in [0.05, 0.1) is 18.4 Å². The van der Waals surface area contributed by atoms with Crippen molar-refractivity contribution in [3.8, 4) is 5.75 Å². The summed E-state index contributed by atoms with van der Waals surface area (Å²) in [4.78, 5) is 19.1. The Hall–Kier alpha value is -2.62. The van der Waals surface area contributed by atoms with E-state index in [1.54, 1.807) is 7.11 Å². The summed E-state index contributed by atoms with van der Waals surface area (Å²) in [5.41, 5.74) is 3.99. The van der Waals surface area contributed by atoms with Crippen molar-refractivity contribution < 1.29 is 9.53 Å². The second-order valence-corrected chi connectivity index (χ2v) is 6.00. The van der Waals surface area contributed by atoms with Crippen molar-refractivity contribution in [2.75, 3.05) is 20.2 Å². The normalized spacial score (nSPS) is 14.4. The summed E-state index contributed by atoms with van der Waals surface area (Å²) in [6.07, 6.45) is 3.92. The second-order valence-electron chi connectivity index (χ2n) is 6.00. The Morgan fingerprint density at radius 1 is 1.12 bits per heavy atom. The number of pyridine rings is 1. The van der Waals surface area contributed by atoms with Crippen molar-refractivity contribution in [1.82, 2.24) is 9.88 Å². The van der Waals surface area contributed by atoms with E-state index in [2.05, 4.69) is 11.1 Å².